The average Bonchev–Trinajstić information content (AvgIpc) is 2.46. The van der Waals surface area contributed by atoms with Gasteiger partial charge >= 0.3 is 5.97 Å². The zero-order chi connectivity index (χ0) is 17.7. The fourth-order valence-electron chi connectivity index (χ4n) is 2.23. The van der Waals surface area contributed by atoms with Crippen LogP contribution in [0.4, 0.5) is 0 Å². The zero-order valence-corrected chi connectivity index (χ0v) is 12.9. The van der Waals surface area contributed by atoms with E-state index in [2.05, 4.69) is 5.32 Å². The molecule has 0 spiro atoms. The lowest BCUT2D eigenvalue weighted by molar-refractivity contribution is -0.149. The monoisotopic (exact) mass is 333 g/mol. The van der Waals surface area contributed by atoms with E-state index in [-0.39, 0.29) is 12.3 Å². The van der Waals surface area contributed by atoms with Crippen LogP contribution in [0.1, 0.15) is 20.3 Å². The summed E-state index contributed by atoms with van der Waals surface area (Å²) in [6.45, 7) is 2.84. The Morgan fingerprint density at radius 1 is 1.35 bits per heavy atom. The molecule has 5 atom stereocenters. The third-order valence-corrected chi connectivity index (χ3v) is 3.36. The molecule has 0 aromatic carbocycles. The standard InChI is InChI=1S/C14H23NO8/c1-6(2)3-10(19)15-11-7(17)4-9(14(21)22)23-13(11)12(20)8(18)5-16/h4,6-8,11-13,16-18,20H,3,5H2,1-2H3,(H,15,19)(H,21,22)/t7-,8?,11?,12?,13?/m1/s1. The van der Waals surface area contributed by atoms with Crippen molar-refractivity contribution in [2.75, 3.05) is 6.61 Å². The number of carbonyl (C=O) groups is 2. The van der Waals surface area contributed by atoms with Crippen LogP contribution < -0.4 is 5.32 Å². The normalized spacial score (nSPS) is 26.9. The third-order valence-electron chi connectivity index (χ3n) is 3.36. The van der Waals surface area contributed by atoms with Gasteiger partial charge < -0.3 is 35.6 Å². The van der Waals surface area contributed by atoms with E-state index < -0.39 is 54.7 Å². The Bertz CT molecular complexity index is 464. The van der Waals surface area contributed by atoms with Crippen LogP contribution in [0.15, 0.2) is 11.8 Å². The molecule has 9 heteroatoms. The molecule has 0 saturated carbocycles. The number of aliphatic hydroxyl groups is 4. The zero-order valence-electron chi connectivity index (χ0n) is 12.9. The molecular weight excluding hydrogens is 310 g/mol. The highest BCUT2D eigenvalue weighted by atomic mass is 16.5. The molecule has 23 heavy (non-hydrogen) atoms. The van der Waals surface area contributed by atoms with Crippen LogP contribution in [0.3, 0.4) is 0 Å². The Kier molecular flexibility index (Phi) is 6.95. The molecule has 0 bridgehead atoms. The number of aliphatic hydroxyl groups excluding tert-OH is 4. The predicted octanol–water partition coefficient (Wildman–Crippen LogP) is -2.04. The Labute approximate surface area is 133 Å². The van der Waals surface area contributed by atoms with Gasteiger partial charge in [-0.25, -0.2) is 4.79 Å². The van der Waals surface area contributed by atoms with Crippen molar-refractivity contribution in [2.45, 2.75) is 50.7 Å². The van der Waals surface area contributed by atoms with Gasteiger partial charge in [-0.2, -0.15) is 0 Å². The first-order valence-electron chi connectivity index (χ1n) is 7.23. The van der Waals surface area contributed by atoms with Crippen LogP contribution in [0.2, 0.25) is 0 Å². The number of carboxylic acid groups (broad SMARTS) is 1. The van der Waals surface area contributed by atoms with Crippen molar-refractivity contribution in [3.63, 3.8) is 0 Å². The van der Waals surface area contributed by atoms with Crippen molar-refractivity contribution < 1.29 is 39.9 Å². The van der Waals surface area contributed by atoms with Gasteiger partial charge in [-0.05, 0) is 12.0 Å². The highest BCUT2D eigenvalue weighted by Crippen LogP contribution is 2.23. The smallest absolute Gasteiger partial charge is 0.370 e. The summed E-state index contributed by atoms with van der Waals surface area (Å²) in [5.41, 5.74) is 0. The number of carbonyl (C=O) groups excluding carboxylic acids is 1. The molecular formula is C14H23NO8. The first-order chi connectivity index (χ1) is 10.7. The molecule has 1 heterocycles. The second kappa shape index (κ2) is 8.25. The van der Waals surface area contributed by atoms with Gasteiger partial charge in [0.05, 0.1) is 12.6 Å². The Morgan fingerprint density at radius 3 is 2.43 bits per heavy atom. The lowest BCUT2D eigenvalue weighted by atomic mass is 9.93. The van der Waals surface area contributed by atoms with Crippen molar-refractivity contribution in [3.8, 4) is 0 Å². The maximum Gasteiger partial charge on any atom is 0.370 e. The molecule has 1 rings (SSSR count). The molecule has 9 nitrogen and oxygen atoms in total. The van der Waals surface area contributed by atoms with E-state index in [0.29, 0.717) is 0 Å². The van der Waals surface area contributed by atoms with E-state index in [1.165, 1.54) is 0 Å². The fraction of sp³-hybridized carbons (Fsp3) is 0.714. The van der Waals surface area contributed by atoms with Crippen LogP contribution in [0.5, 0.6) is 0 Å². The SMILES string of the molecule is CC(C)CC(=O)NC1C(C(O)C(O)CO)OC(C(=O)O)=C[C@H]1O. The lowest BCUT2D eigenvalue weighted by Gasteiger charge is -2.38. The van der Waals surface area contributed by atoms with E-state index in [1.807, 2.05) is 13.8 Å². The van der Waals surface area contributed by atoms with Crippen LogP contribution in [0.25, 0.3) is 0 Å². The molecule has 4 unspecified atom stereocenters. The maximum atomic E-state index is 11.9. The minimum atomic E-state index is -1.71. The van der Waals surface area contributed by atoms with E-state index in [1.54, 1.807) is 0 Å². The number of hydrogen-bond acceptors (Lipinski definition) is 7. The first kappa shape index (κ1) is 19.4. The largest absolute Gasteiger partial charge is 0.478 e. The molecule has 0 radical (unpaired) electrons. The van der Waals surface area contributed by atoms with Gasteiger partial charge in [0.2, 0.25) is 11.7 Å². The van der Waals surface area contributed by atoms with Crippen molar-refractivity contribution >= 4 is 11.9 Å². The Morgan fingerprint density at radius 2 is 1.96 bits per heavy atom. The van der Waals surface area contributed by atoms with Gasteiger partial charge in [-0.3, -0.25) is 4.79 Å². The van der Waals surface area contributed by atoms with Crippen LogP contribution in [-0.2, 0) is 14.3 Å². The summed E-state index contributed by atoms with van der Waals surface area (Å²) >= 11 is 0. The number of hydrogen-bond donors (Lipinski definition) is 6. The Balaban J connectivity index is 3.00. The van der Waals surface area contributed by atoms with E-state index in [4.69, 9.17) is 14.9 Å². The summed E-state index contributed by atoms with van der Waals surface area (Å²) in [5.74, 6) is -2.45. The number of aliphatic carboxylic acids is 1. The van der Waals surface area contributed by atoms with Crippen molar-refractivity contribution in [1.29, 1.82) is 0 Å². The highest BCUT2D eigenvalue weighted by Gasteiger charge is 2.43. The number of carboxylic acids is 1. The van der Waals surface area contributed by atoms with Gasteiger partial charge in [0, 0.05) is 6.42 Å². The highest BCUT2D eigenvalue weighted by molar-refractivity contribution is 5.84. The topological polar surface area (TPSA) is 157 Å². The first-order valence-corrected chi connectivity index (χ1v) is 7.23. The summed E-state index contributed by atoms with van der Waals surface area (Å²) in [7, 11) is 0. The second-order valence-electron chi connectivity index (χ2n) is 5.84. The molecule has 0 aromatic heterocycles. The van der Waals surface area contributed by atoms with Crippen LogP contribution in [-0.4, -0.2) is 74.5 Å². The predicted molar refractivity (Wildman–Crippen MR) is 77.1 cm³/mol. The summed E-state index contributed by atoms with van der Waals surface area (Å²) in [6.07, 6.45) is -5.14. The van der Waals surface area contributed by atoms with Crippen molar-refractivity contribution in [2.24, 2.45) is 5.92 Å². The number of amides is 1. The van der Waals surface area contributed by atoms with E-state index >= 15 is 0 Å². The van der Waals surface area contributed by atoms with E-state index in [0.717, 1.165) is 6.08 Å². The summed E-state index contributed by atoms with van der Waals surface area (Å²) in [5, 5.41) is 49.9. The minimum Gasteiger partial charge on any atom is -0.478 e. The third kappa shape index (κ3) is 5.17. The fourth-order valence-corrected chi connectivity index (χ4v) is 2.23. The molecule has 0 aromatic rings. The van der Waals surface area contributed by atoms with Crippen molar-refractivity contribution in [3.05, 3.63) is 11.8 Å². The number of ether oxygens (including phenoxy) is 1. The number of rotatable bonds is 7. The molecule has 132 valence electrons. The van der Waals surface area contributed by atoms with Gasteiger partial charge in [0.25, 0.3) is 0 Å². The molecule has 0 fully saturated rings. The quantitative estimate of drug-likeness (QED) is 0.311. The van der Waals surface area contributed by atoms with Gasteiger partial charge in [-0.1, -0.05) is 13.8 Å². The maximum absolute atomic E-state index is 11.9. The second-order valence-corrected chi connectivity index (χ2v) is 5.84. The van der Waals surface area contributed by atoms with Crippen molar-refractivity contribution in [1.82, 2.24) is 5.32 Å². The Hall–Kier alpha value is -1.68. The molecule has 1 aliphatic rings. The summed E-state index contributed by atoms with van der Waals surface area (Å²) in [6, 6.07) is -1.17. The number of nitrogens with one attached hydrogen (secondary N) is 1. The molecule has 0 aliphatic carbocycles. The lowest BCUT2D eigenvalue weighted by Crippen LogP contribution is -2.60. The summed E-state index contributed by atoms with van der Waals surface area (Å²) < 4.78 is 5.09. The van der Waals surface area contributed by atoms with E-state index in [9.17, 15) is 24.9 Å². The minimum absolute atomic E-state index is 0.0492. The van der Waals surface area contributed by atoms with Gasteiger partial charge in [0.1, 0.15) is 18.3 Å². The van der Waals surface area contributed by atoms with Gasteiger partial charge in [0.15, 0.2) is 6.10 Å². The summed E-state index contributed by atoms with van der Waals surface area (Å²) in [4.78, 5) is 22.9. The van der Waals surface area contributed by atoms with Crippen LogP contribution >= 0.6 is 0 Å². The molecule has 1 amide bonds. The average molecular weight is 333 g/mol. The molecule has 0 saturated heterocycles. The molecule has 1 aliphatic heterocycles. The van der Waals surface area contributed by atoms with Crippen LogP contribution in [0, 0.1) is 5.92 Å². The van der Waals surface area contributed by atoms with Gasteiger partial charge in [-0.15, -0.1) is 0 Å². The molecule has 6 N–H and O–H groups in total.